The molecule has 2 amide bonds. The molecule has 3 aromatic carbocycles. The average molecular weight is 484 g/mol. The third-order valence-electron chi connectivity index (χ3n) is 6.86. The van der Waals surface area contributed by atoms with Crippen LogP contribution in [0.2, 0.25) is 0 Å². The van der Waals surface area contributed by atoms with Gasteiger partial charge in [0, 0.05) is 35.8 Å². The third-order valence-corrected chi connectivity index (χ3v) is 6.86. The Morgan fingerprint density at radius 1 is 1.03 bits per heavy atom. The number of likely N-dealkylation sites (tertiary alicyclic amines) is 1. The average Bonchev–Trinajstić information content (AvgIpc) is 3.35. The van der Waals surface area contributed by atoms with Crippen LogP contribution < -0.4 is 15.2 Å². The van der Waals surface area contributed by atoms with Crippen LogP contribution in [0.3, 0.4) is 0 Å². The summed E-state index contributed by atoms with van der Waals surface area (Å²) in [5, 5.41) is 1.18. The number of nitrogens with one attached hydrogen (secondary N) is 1. The molecule has 1 aliphatic heterocycles. The number of amides is 2. The van der Waals surface area contributed by atoms with Crippen LogP contribution in [-0.4, -0.2) is 41.9 Å². The molecule has 0 aliphatic carbocycles. The predicted octanol–water partition coefficient (Wildman–Crippen LogP) is 4.87. The van der Waals surface area contributed by atoms with Gasteiger partial charge in [0.25, 0.3) is 11.8 Å². The van der Waals surface area contributed by atoms with E-state index in [-0.39, 0.29) is 12.5 Å². The van der Waals surface area contributed by atoms with Gasteiger partial charge in [0.05, 0.1) is 12.7 Å². The molecule has 1 fully saturated rings. The van der Waals surface area contributed by atoms with Crippen molar-refractivity contribution >= 4 is 22.7 Å². The Bertz CT molecular complexity index is 1400. The molecular formula is C29H29N3O4. The number of rotatable bonds is 7. The number of benzene rings is 3. The summed E-state index contributed by atoms with van der Waals surface area (Å²) in [5.41, 5.74) is 9.64. The van der Waals surface area contributed by atoms with Gasteiger partial charge in [0.2, 0.25) is 0 Å². The lowest BCUT2D eigenvalue weighted by atomic mass is 9.89. The van der Waals surface area contributed by atoms with E-state index in [9.17, 15) is 9.59 Å². The number of primary amides is 1. The van der Waals surface area contributed by atoms with Gasteiger partial charge in [0.15, 0.2) is 0 Å². The number of carbonyl (C=O) groups is 2. The number of ether oxygens (including phenoxy) is 2. The van der Waals surface area contributed by atoms with Crippen molar-refractivity contribution in [2.75, 3.05) is 20.2 Å². The molecule has 0 spiro atoms. The van der Waals surface area contributed by atoms with Crippen LogP contribution in [0.1, 0.15) is 50.6 Å². The van der Waals surface area contributed by atoms with Crippen LogP contribution in [0.4, 0.5) is 0 Å². The van der Waals surface area contributed by atoms with E-state index in [2.05, 4.69) is 17.2 Å². The smallest absolute Gasteiger partial charge is 0.253 e. The number of piperidine rings is 1. The highest BCUT2D eigenvalue weighted by atomic mass is 16.5. The van der Waals surface area contributed by atoms with Gasteiger partial charge in [-0.05, 0) is 72.4 Å². The van der Waals surface area contributed by atoms with Crippen LogP contribution >= 0.6 is 0 Å². The summed E-state index contributed by atoms with van der Waals surface area (Å²) in [6.45, 7) is 1.64. The third kappa shape index (κ3) is 4.77. The summed E-state index contributed by atoms with van der Waals surface area (Å²) in [4.78, 5) is 30.2. The fraction of sp³-hybridized carbons (Fsp3) is 0.241. The number of carbonyl (C=O) groups excluding carboxylic acids is 2. The zero-order valence-electron chi connectivity index (χ0n) is 20.2. The molecule has 0 unspecified atom stereocenters. The van der Waals surface area contributed by atoms with Crippen molar-refractivity contribution in [1.82, 2.24) is 9.88 Å². The van der Waals surface area contributed by atoms with E-state index < -0.39 is 5.91 Å². The SMILES string of the molecule is COc1ccc2[nH]cc(C3CCN(C(=O)c4cccc(COc5ccccc5C(N)=O)c4)CC3)c2c1. The summed E-state index contributed by atoms with van der Waals surface area (Å²) < 4.78 is 11.2. The zero-order chi connectivity index (χ0) is 25.1. The van der Waals surface area contributed by atoms with E-state index in [0.717, 1.165) is 29.7 Å². The fourth-order valence-electron chi connectivity index (χ4n) is 4.91. The van der Waals surface area contributed by atoms with Gasteiger partial charge in [-0.3, -0.25) is 9.59 Å². The lowest BCUT2D eigenvalue weighted by molar-refractivity contribution is 0.0713. The number of hydrogen-bond acceptors (Lipinski definition) is 4. The van der Waals surface area contributed by atoms with Gasteiger partial charge in [-0.2, -0.15) is 0 Å². The van der Waals surface area contributed by atoms with Crippen LogP contribution in [0, 0.1) is 0 Å². The normalized spacial score (nSPS) is 14.1. The number of nitrogens with zero attached hydrogens (tertiary/aromatic N) is 1. The lowest BCUT2D eigenvalue weighted by Crippen LogP contribution is -2.37. The van der Waals surface area contributed by atoms with Crippen molar-refractivity contribution in [1.29, 1.82) is 0 Å². The van der Waals surface area contributed by atoms with E-state index >= 15 is 0 Å². The van der Waals surface area contributed by atoms with Crippen molar-refractivity contribution in [2.24, 2.45) is 5.73 Å². The second-order valence-electron chi connectivity index (χ2n) is 9.07. The number of nitrogens with two attached hydrogens (primary N) is 1. The second kappa shape index (κ2) is 10.2. The number of aromatic nitrogens is 1. The predicted molar refractivity (Wildman–Crippen MR) is 138 cm³/mol. The van der Waals surface area contributed by atoms with Gasteiger partial charge in [-0.1, -0.05) is 24.3 Å². The van der Waals surface area contributed by atoms with Crippen molar-refractivity contribution in [3.05, 3.63) is 95.2 Å². The molecule has 0 bridgehead atoms. The minimum absolute atomic E-state index is 0.0217. The first-order valence-corrected chi connectivity index (χ1v) is 12.1. The molecular weight excluding hydrogens is 454 g/mol. The second-order valence-corrected chi connectivity index (χ2v) is 9.07. The summed E-state index contributed by atoms with van der Waals surface area (Å²) in [7, 11) is 1.68. The Labute approximate surface area is 209 Å². The highest BCUT2D eigenvalue weighted by Crippen LogP contribution is 2.35. The molecule has 0 saturated carbocycles. The Kier molecular flexibility index (Phi) is 6.62. The largest absolute Gasteiger partial charge is 0.497 e. The zero-order valence-corrected chi connectivity index (χ0v) is 20.2. The monoisotopic (exact) mass is 483 g/mol. The molecule has 184 valence electrons. The lowest BCUT2D eigenvalue weighted by Gasteiger charge is -2.32. The topological polar surface area (TPSA) is 97.7 Å². The van der Waals surface area contributed by atoms with Gasteiger partial charge in [-0.15, -0.1) is 0 Å². The molecule has 1 aliphatic rings. The van der Waals surface area contributed by atoms with Gasteiger partial charge >= 0.3 is 0 Å². The van der Waals surface area contributed by atoms with Crippen molar-refractivity contribution < 1.29 is 19.1 Å². The van der Waals surface area contributed by atoms with Crippen LogP contribution in [0.25, 0.3) is 10.9 Å². The summed E-state index contributed by atoms with van der Waals surface area (Å²) >= 11 is 0. The Balaban J connectivity index is 1.23. The molecule has 1 saturated heterocycles. The van der Waals surface area contributed by atoms with Gasteiger partial charge < -0.3 is 25.1 Å². The molecule has 36 heavy (non-hydrogen) atoms. The maximum absolute atomic E-state index is 13.3. The van der Waals surface area contributed by atoms with E-state index in [1.54, 1.807) is 31.4 Å². The first-order chi connectivity index (χ1) is 17.5. The van der Waals surface area contributed by atoms with E-state index in [1.165, 1.54) is 10.9 Å². The number of para-hydroxylation sites is 1. The molecule has 7 nitrogen and oxygen atoms in total. The fourth-order valence-corrected chi connectivity index (χ4v) is 4.91. The van der Waals surface area contributed by atoms with E-state index in [4.69, 9.17) is 15.2 Å². The highest BCUT2D eigenvalue weighted by Gasteiger charge is 2.26. The molecule has 1 aromatic heterocycles. The maximum atomic E-state index is 13.3. The first-order valence-electron chi connectivity index (χ1n) is 12.1. The van der Waals surface area contributed by atoms with Gasteiger partial charge in [0.1, 0.15) is 18.1 Å². The molecule has 4 aromatic rings. The molecule has 0 atom stereocenters. The Morgan fingerprint density at radius 3 is 2.61 bits per heavy atom. The number of methoxy groups -OCH3 is 1. The van der Waals surface area contributed by atoms with E-state index in [1.807, 2.05) is 41.3 Å². The van der Waals surface area contributed by atoms with Crippen LogP contribution in [0.5, 0.6) is 11.5 Å². The Hall–Kier alpha value is -4.26. The van der Waals surface area contributed by atoms with Gasteiger partial charge in [-0.25, -0.2) is 0 Å². The number of fused-ring (bicyclic) bond motifs is 1. The molecule has 5 rings (SSSR count). The Morgan fingerprint density at radius 2 is 1.83 bits per heavy atom. The minimum Gasteiger partial charge on any atom is -0.497 e. The van der Waals surface area contributed by atoms with E-state index in [0.29, 0.717) is 35.9 Å². The molecule has 2 heterocycles. The standard InChI is InChI=1S/C29H29N3O4/c1-35-22-9-10-26-24(16-22)25(17-31-26)20-11-13-32(14-12-20)29(34)21-6-4-5-19(15-21)18-36-27-8-3-2-7-23(27)28(30)33/h2-10,15-17,20,31H,11-14,18H2,1H3,(H2,30,33). The first kappa shape index (κ1) is 23.5. The highest BCUT2D eigenvalue weighted by molar-refractivity contribution is 5.96. The number of aromatic amines is 1. The minimum atomic E-state index is -0.537. The van der Waals surface area contributed by atoms with Crippen molar-refractivity contribution in [3.8, 4) is 11.5 Å². The summed E-state index contributed by atoms with van der Waals surface area (Å²) in [6.07, 6.45) is 3.90. The maximum Gasteiger partial charge on any atom is 0.253 e. The molecule has 7 heteroatoms. The quantitative estimate of drug-likeness (QED) is 0.392. The summed E-state index contributed by atoms with van der Waals surface area (Å²) in [6, 6.07) is 20.4. The number of hydrogen-bond donors (Lipinski definition) is 2. The number of H-pyrrole nitrogens is 1. The van der Waals surface area contributed by atoms with Crippen LogP contribution in [-0.2, 0) is 6.61 Å². The molecule has 0 radical (unpaired) electrons. The molecule has 3 N–H and O–H groups in total. The van der Waals surface area contributed by atoms with Crippen molar-refractivity contribution in [3.63, 3.8) is 0 Å². The van der Waals surface area contributed by atoms with Crippen molar-refractivity contribution in [2.45, 2.75) is 25.4 Å². The summed E-state index contributed by atoms with van der Waals surface area (Å²) in [5.74, 6) is 1.15. The van der Waals surface area contributed by atoms with Crippen LogP contribution in [0.15, 0.2) is 72.9 Å².